The quantitative estimate of drug-likeness (QED) is 0.902. The highest BCUT2D eigenvalue weighted by Gasteiger charge is 2.20. The molecule has 2 nitrogen and oxygen atoms in total. The van der Waals surface area contributed by atoms with Gasteiger partial charge in [0, 0.05) is 25.7 Å². The van der Waals surface area contributed by atoms with Crippen LogP contribution in [0.15, 0.2) is 18.2 Å². The standard InChI is InChI=1S/C17H25FN2/c1-13-3-2-9-20(10-8-13)17-7-4-14(11-16(17)18)12-19-15-5-6-15/h4,7,11,13,15,19H,2-3,5-6,8-10,12H2,1H3. The lowest BCUT2D eigenvalue weighted by Gasteiger charge is -2.23. The summed E-state index contributed by atoms with van der Waals surface area (Å²) in [5.74, 6) is 0.708. The first-order valence-corrected chi connectivity index (χ1v) is 7.99. The maximum absolute atomic E-state index is 14.3. The molecule has 1 aromatic rings. The largest absolute Gasteiger partial charge is 0.369 e. The molecule has 3 rings (SSSR count). The lowest BCUT2D eigenvalue weighted by molar-refractivity contribution is 0.520. The summed E-state index contributed by atoms with van der Waals surface area (Å²) in [6, 6.07) is 6.42. The van der Waals surface area contributed by atoms with Crippen LogP contribution in [0.2, 0.25) is 0 Å². The molecule has 2 aliphatic rings. The van der Waals surface area contributed by atoms with Gasteiger partial charge in [-0.2, -0.15) is 0 Å². The first-order chi connectivity index (χ1) is 9.72. The second kappa shape index (κ2) is 6.13. The molecule has 1 aromatic carbocycles. The van der Waals surface area contributed by atoms with Gasteiger partial charge in [0.15, 0.2) is 0 Å². The fourth-order valence-electron chi connectivity index (χ4n) is 2.97. The predicted molar refractivity (Wildman–Crippen MR) is 81.5 cm³/mol. The minimum absolute atomic E-state index is 0.0605. The molecular formula is C17H25FN2. The van der Waals surface area contributed by atoms with Gasteiger partial charge in [0.2, 0.25) is 0 Å². The summed E-state index contributed by atoms with van der Waals surface area (Å²) in [7, 11) is 0. The Morgan fingerprint density at radius 3 is 2.80 bits per heavy atom. The Balaban J connectivity index is 1.66. The van der Waals surface area contributed by atoms with Crippen LogP contribution in [0.3, 0.4) is 0 Å². The number of hydrogen-bond acceptors (Lipinski definition) is 2. The average molecular weight is 276 g/mol. The molecule has 0 bridgehead atoms. The molecule has 0 amide bonds. The Bertz CT molecular complexity index is 456. The van der Waals surface area contributed by atoms with E-state index in [0.29, 0.717) is 6.04 Å². The normalized spacial score (nSPS) is 23.7. The van der Waals surface area contributed by atoms with E-state index in [1.54, 1.807) is 6.07 Å². The van der Waals surface area contributed by atoms with Crippen molar-refractivity contribution in [2.75, 3.05) is 18.0 Å². The molecular weight excluding hydrogens is 251 g/mol. The zero-order chi connectivity index (χ0) is 13.9. The molecule has 1 saturated carbocycles. The highest BCUT2D eigenvalue weighted by molar-refractivity contribution is 5.49. The van der Waals surface area contributed by atoms with E-state index < -0.39 is 0 Å². The molecule has 0 spiro atoms. The van der Waals surface area contributed by atoms with Crippen LogP contribution in [0.5, 0.6) is 0 Å². The van der Waals surface area contributed by atoms with Crippen molar-refractivity contribution in [2.45, 2.75) is 51.6 Å². The highest BCUT2D eigenvalue weighted by atomic mass is 19.1. The zero-order valence-corrected chi connectivity index (χ0v) is 12.4. The van der Waals surface area contributed by atoms with E-state index in [1.165, 1.54) is 32.1 Å². The number of halogens is 1. The molecule has 1 aliphatic carbocycles. The summed E-state index contributed by atoms with van der Waals surface area (Å²) in [4.78, 5) is 2.22. The molecule has 110 valence electrons. The molecule has 2 fully saturated rings. The van der Waals surface area contributed by atoms with E-state index in [1.807, 2.05) is 6.07 Å². The summed E-state index contributed by atoms with van der Waals surface area (Å²) < 4.78 is 14.3. The van der Waals surface area contributed by atoms with E-state index in [0.717, 1.165) is 36.8 Å². The Morgan fingerprint density at radius 2 is 2.05 bits per heavy atom. The molecule has 20 heavy (non-hydrogen) atoms. The Hall–Kier alpha value is -1.09. The van der Waals surface area contributed by atoms with Crippen molar-refractivity contribution < 1.29 is 4.39 Å². The number of nitrogens with one attached hydrogen (secondary N) is 1. The van der Waals surface area contributed by atoms with Gasteiger partial charge >= 0.3 is 0 Å². The van der Waals surface area contributed by atoms with Crippen molar-refractivity contribution in [3.8, 4) is 0 Å². The summed E-state index contributed by atoms with van der Waals surface area (Å²) >= 11 is 0. The summed E-state index contributed by atoms with van der Waals surface area (Å²) in [5.41, 5.74) is 1.84. The van der Waals surface area contributed by atoms with Crippen LogP contribution in [0.1, 0.15) is 44.6 Å². The number of nitrogens with zero attached hydrogens (tertiary/aromatic N) is 1. The average Bonchev–Trinajstić information content (AvgIpc) is 3.25. The van der Waals surface area contributed by atoms with E-state index in [9.17, 15) is 4.39 Å². The van der Waals surface area contributed by atoms with Crippen LogP contribution in [-0.2, 0) is 6.54 Å². The van der Waals surface area contributed by atoms with Crippen molar-refractivity contribution in [3.63, 3.8) is 0 Å². The minimum Gasteiger partial charge on any atom is -0.369 e. The van der Waals surface area contributed by atoms with Crippen LogP contribution < -0.4 is 10.2 Å². The minimum atomic E-state index is -0.0605. The summed E-state index contributed by atoms with van der Waals surface area (Å²) in [6.45, 7) is 5.06. The predicted octanol–water partition coefficient (Wildman–Crippen LogP) is 3.70. The van der Waals surface area contributed by atoms with Crippen LogP contribution in [0, 0.1) is 11.7 Å². The molecule has 0 radical (unpaired) electrons. The van der Waals surface area contributed by atoms with Gasteiger partial charge in [-0.15, -0.1) is 0 Å². The maximum atomic E-state index is 14.3. The monoisotopic (exact) mass is 276 g/mol. The van der Waals surface area contributed by atoms with Crippen LogP contribution in [-0.4, -0.2) is 19.1 Å². The Morgan fingerprint density at radius 1 is 1.20 bits per heavy atom. The van der Waals surface area contributed by atoms with Crippen molar-refractivity contribution in [2.24, 2.45) is 5.92 Å². The lowest BCUT2D eigenvalue weighted by atomic mass is 10.0. The van der Waals surface area contributed by atoms with Gasteiger partial charge in [-0.25, -0.2) is 4.39 Å². The number of anilines is 1. The molecule has 0 aromatic heterocycles. The van der Waals surface area contributed by atoms with E-state index in [2.05, 4.69) is 23.2 Å². The van der Waals surface area contributed by atoms with Gasteiger partial charge < -0.3 is 10.2 Å². The fourth-order valence-corrected chi connectivity index (χ4v) is 2.97. The van der Waals surface area contributed by atoms with Crippen molar-refractivity contribution >= 4 is 5.69 Å². The van der Waals surface area contributed by atoms with Gasteiger partial charge in [-0.05, 0) is 55.7 Å². The van der Waals surface area contributed by atoms with E-state index in [-0.39, 0.29) is 5.82 Å². The second-order valence-corrected chi connectivity index (χ2v) is 6.46. The third kappa shape index (κ3) is 3.51. The number of rotatable bonds is 4. The van der Waals surface area contributed by atoms with Gasteiger partial charge in [-0.1, -0.05) is 13.0 Å². The van der Waals surface area contributed by atoms with Crippen molar-refractivity contribution in [1.29, 1.82) is 0 Å². The smallest absolute Gasteiger partial charge is 0.146 e. The van der Waals surface area contributed by atoms with Gasteiger partial charge in [0.25, 0.3) is 0 Å². The van der Waals surface area contributed by atoms with Crippen LogP contribution in [0.25, 0.3) is 0 Å². The maximum Gasteiger partial charge on any atom is 0.146 e. The zero-order valence-electron chi connectivity index (χ0n) is 12.4. The van der Waals surface area contributed by atoms with E-state index >= 15 is 0 Å². The Kier molecular flexibility index (Phi) is 4.25. The second-order valence-electron chi connectivity index (χ2n) is 6.46. The SMILES string of the molecule is CC1CCCN(c2ccc(CNC3CC3)cc2F)CC1. The molecule has 1 heterocycles. The van der Waals surface area contributed by atoms with Crippen LogP contribution in [0.4, 0.5) is 10.1 Å². The molecule has 3 heteroatoms. The topological polar surface area (TPSA) is 15.3 Å². The first-order valence-electron chi connectivity index (χ1n) is 7.99. The van der Waals surface area contributed by atoms with Gasteiger partial charge in [-0.3, -0.25) is 0 Å². The van der Waals surface area contributed by atoms with Gasteiger partial charge in [0.1, 0.15) is 5.82 Å². The highest BCUT2D eigenvalue weighted by Crippen LogP contribution is 2.26. The third-order valence-corrected chi connectivity index (χ3v) is 4.54. The number of hydrogen-bond donors (Lipinski definition) is 1. The lowest BCUT2D eigenvalue weighted by Crippen LogP contribution is -2.25. The molecule has 1 unspecified atom stereocenters. The van der Waals surface area contributed by atoms with Crippen LogP contribution >= 0.6 is 0 Å². The molecule has 1 aliphatic heterocycles. The van der Waals surface area contributed by atoms with Crippen molar-refractivity contribution in [3.05, 3.63) is 29.6 Å². The number of benzene rings is 1. The molecule has 1 N–H and O–H groups in total. The Labute approximate surface area is 121 Å². The third-order valence-electron chi connectivity index (χ3n) is 4.54. The first kappa shape index (κ1) is 13.9. The summed E-state index contributed by atoms with van der Waals surface area (Å²) in [6.07, 6.45) is 6.15. The summed E-state index contributed by atoms with van der Waals surface area (Å²) in [5, 5.41) is 3.43. The van der Waals surface area contributed by atoms with Gasteiger partial charge in [0.05, 0.1) is 5.69 Å². The van der Waals surface area contributed by atoms with Crippen molar-refractivity contribution in [1.82, 2.24) is 5.32 Å². The van der Waals surface area contributed by atoms with E-state index in [4.69, 9.17) is 0 Å². The fraction of sp³-hybridized carbons (Fsp3) is 0.647. The molecule has 1 atom stereocenters. The molecule has 1 saturated heterocycles.